The molecule has 2 fully saturated rings. The van der Waals surface area contributed by atoms with Gasteiger partial charge in [-0.1, -0.05) is 19.8 Å². The zero-order valence-electron chi connectivity index (χ0n) is 12.4. The SMILES string of the molecule is CCc1ccsc1CNC1CC(=O)N(C2CCCC2)C1=O. The Labute approximate surface area is 129 Å². The van der Waals surface area contributed by atoms with Crippen LogP contribution in [0.1, 0.15) is 49.5 Å². The maximum absolute atomic E-state index is 12.5. The third kappa shape index (κ3) is 2.90. The molecule has 1 aliphatic carbocycles. The van der Waals surface area contributed by atoms with Gasteiger partial charge in [-0.3, -0.25) is 14.5 Å². The molecule has 1 N–H and O–H groups in total. The number of thiophene rings is 1. The third-order valence-corrected chi connectivity index (χ3v) is 5.56. The maximum atomic E-state index is 12.5. The predicted molar refractivity (Wildman–Crippen MR) is 83.1 cm³/mol. The van der Waals surface area contributed by atoms with E-state index in [0.717, 1.165) is 32.1 Å². The number of rotatable bonds is 5. The van der Waals surface area contributed by atoms with Crippen molar-refractivity contribution in [2.45, 2.75) is 64.1 Å². The molecule has 2 aliphatic rings. The van der Waals surface area contributed by atoms with Crippen LogP contribution in [-0.4, -0.2) is 28.8 Å². The summed E-state index contributed by atoms with van der Waals surface area (Å²) in [7, 11) is 0. The first-order valence-corrected chi connectivity index (χ1v) is 8.73. The summed E-state index contributed by atoms with van der Waals surface area (Å²) >= 11 is 1.71. The maximum Gasteiger partial charge on any atom is 0.247 e. The highest BCUT2D eigenvalue weighted by atomic mass is 32.1. The normalized spacial score (nSPS) is 23.5. The minimum Gasteiger partial charge on any atom is -0.300 e. The number of nitrogens with one attached hydrogen (secondary N) is 1. The Bertz CT molecular complexity index is 534. The molecule has 21 heavy (non-hydrogen) atoms. The standard InChI is InChI=1S/C16H22N2O2S/c1-2-11-7-8-21-14(11)10-17-13-9-15(19)18(16(13)20)12-5-3-4-6-12/h7-8,12-13,17H,2-6,9-10H2,1H3. The molecule has 1 atom stereocenters. The van der Waals surface area contributed by atoms with E-state index in [9.17, 15) is 9.59 Å². The van der Waals surface area contributed by atoms with Gasteiger partial charge in [-0.2, -0.15) is 0 Å². The van der Waals surface area contributed by atoms with E-state index in [1.165, 1.54) is 10.4 Å². The number of amides is 2. The smallest absolute Gasteiger partial charge is 0.247 e. The van der Waals surface area contributed by atoms with Crippen LogP contribution in [0.2, 0.25) is 0 Å². The van der Waals surface area contributed by atoms with Crippen molar-refractivity contribution in [3.63, 3.8) is 0 Å². The molecule has 1 aromatic rings. The van der Waals surface area contributed by atoms with Crippen molar-refractivity contribution < 1.29 is 9.59 Å². The van der Waals surface area contributed by atoms with E-state index in [1.54, 1.807) is 16.2 Å². The van der Waals surface area contributed by atoms with Crippen molar-refractivity contribution >= 4 is 23.2 Å². The summed E-state index contributed by atoms with van der Waals surface area (Å²) < 4.78 is 0. The first-order chi connectivity index (χ1) is 10.2. The highest BCUT2D eigenvalue weighted by molar-refractivity contribution is 7.10. The molecule has 1 saturated carbocycles. The van der Waals surface area contributed by atoms with Crippen LogP contribution in [0.25, 0.3) is 0 Å². The van der Waals surface area contributed by atoms with Crippen LogP contribution >= 0.6 is 11.3 Å². The van der Waals surface area contributed by atoms with Gasteiger partial charge in [0, 0.05) is 17.5 Å². The molecule has 0 bridgehead atoms. The van der Waals surface area contributed by atoms with Crippen molar-refractivity contribution in [2.75, 3.05) is 0 Å². The Kier molecular flexibility index (Phi) is 4.40. The summed E-state index contributed by atoms with van der Waals surface area (Å²) in [5.41, 5.74) is 1.33. The highest BCUT2D eigenvalue weighted by Gasteiger charge is 2.42. The van der Waals surface area contributed by atoms with Gasteiger partial charge in [-0.05, 0) is 36.3 Å². The first kappa shape index (κ1) is 14.7. The molecule has 3 rings (SSSR count). The van der Waals surface area contributed by atoms with Gasteiger partial charge in [-0.25, -0.2) is 0 Å². The number of carbonyl (C=O) groups is 2. The molecule has 0 aromatic carbocycles. The minimum absolute atomic E-state index is 0.00583. The summed E-state index contributed by atoms with van der Waals surface area (Å²) in [6.45, 7) is 2.82. The number of aryl methyl sites for hydroxylation is 1. The van der Waals surface area contributed by atoms with Gasteiger partial charge < -0.3 is 5.32 Å². The summed E-state index contributed by atoms with van der Waals surface area (Å²) in [4.78, 5) is 27.4. The Morgan fingerprint density at radius 2 is 2.10 bits per heavy atom. The summed E-state index contributed by atoms with van der Waals surface area (Å²) in [6, 6.07) is 1.96. The lowest BCUT2D eigenvalue weighted by atomic mass is 10.2. The molecule has 1 aliphatic heterocycles. The Morgan fingerprint density at radius 3 is 2.81 bits per heavy atom. The van der Waals surface area contributed by atoms with Crippen LogP contribution in [0.15, 0.2) is 11.4 Å². The van der Waals surface area contributed by atoms with Gasteiger partial charge in [-0.15, -0.1) is 11.3 Å². The van der Waals surface area contributed by atoms with Crippen LogP contribution in [0.3, 0.4) is 0 Å². The van der Waals surface area contributed by atoms with Crippen LogP contribution < -0.4 is 5.32 Å². The van der Waals surface area contributed by atoms with E-state index in [4.69, 9.17) is 0 Å². The summed E-state index contributed by atoms with van der Waals surface area (Å²) in [5.74, 6) is -0.00667. The van der Waals surface area contributed by atoms with Crippen LogP contribution in [-0.2, 0) is 22.6 Å². The molecule has 1 saturated heterocycles. The largest absolute Gasteiger partial charge is 0.300 e. The van der Waals surface area contributed by atoms with Gasteiger partial charge >= 0.3 is 0 Å². The topological polar surface area (TPSA) is 49.4 Å². The average Bonchev–Trinajstić information content (AvgIpc) is 3.17. The van der Waals surface area contributed by atoms with E-state index in [0.29, 0.717) is 13.0 Å². The second-order valence-corrected chi connectivity index (χ2v) is 6.90. The van der Waals surface area contributed by atoms with Crippen LogP contribution in [0.5, 0.6) is 0 Å². The molecule has 1 aromatic heterocycles. The lowest BCUT2D eigenvalue weighted by molar-refractivity contribution is -0.141. The predicted octanol–water partition coefficient (Wildman–Crippen LogP) is 2.47. The van der Waals surface area contributed by atoms with E-state index >= 15 is 0 Å². The molecule has 114 valence electrons. The molecule has 0 spiro atoms. The first-order valence-electron chi connectivity index (χ1n) is 7.85. The quantitative estimate of drug-likeness (QED) is 0.850. The fourth-order valence-electron chi connectivity index (χ4n) is 3.41. The fourth-order valence-corrected chi connectivity index (χ4v) is 4.34. The van der Waals surface area contributed by atoms with Crippen molar-refractivity contribution in [3.8, 4) is 0 Å². The third-order valence-electron chi connectivity index (χ3n) is 4.60. The molecule has 2 heterocycles. The Balaban J connectivity index is 1.62. The number of likely N-dealkylation sites (tertiary alicyclic amines) is 1. The molecule has 4 nitrogen and oxygen atoms in total. The molecule has 5 heteroatoms. The van der Waals surface area contributed by atoms with E-state index in [-0.39, 0.29) is 23.9 Å². The lowest BCUT2D eigenvalue weighted by Crippen LogP contribution is -2.42. The number of hydrogen-bond donors (Lipinski definition) is 1. The van der Waals surface area contributed by atoms with Crippen LogP contribution in [0, 0.1) is 0 Å². The van der Waals surface area contributed by atoms with Gasteiger partial charge in [0.25, 0.3) is 0 Å². The number of imide groups is 1. The van der Waals surface area contributed by atoms with Crippen molar-refractivity contribution in [3.05, 3.63) is 21.9 Å². The van der Waals surface area contributed by atoms with Crippen molar-refractivity contribution in [1.82, 2.24) is 10.2 Å². The molecular weight excluding hydrogens is 284 g/mol. The van der Waals surface area contributed by atoms with Gasteiger partial charge in [0.2, 0.25) is 11.8 Å². The second-order valence-electron chi connectivity index (χ2n) is 5.90. The van der Waals surface area contributed by atoms with Gasteiger partial charge in [0.05, 0.1) is 12.5 Å². The zero-order chi connectivity index (χ0) is 14.8. The molecular formula is C16H22N2O2S. The average molecular weight is 306 g/mol. The second kappa shape index (κ2) is 6.28. The summed E-state index contributed by atoms with van der Waals surface area (Å²) in [6.07, 6.45) is 5.56. The number of hydrogen-bond acceptors (Lipinski definition) is 4. The van der Waals surface area contributed by atoms with E-state index in [1.807, 2.05) is 0 Å². The summed E-state index contributed by atoms with van der Waals surface area (Å²) in [5, 5.41) is 5.38. The van der Waals surface area contributed by atoms with Gasteiger partial charge in [0.15, 0.2) is 0 Å². The van der Waals surface area contributed by atoms with E-state index in [2.05, 4.69) is 23.7 Å². The van der Waals surface area contributed by atoms with Crippen molar-refractivity contribution in [2.24, 2.45) is 0 Å². The highest BCUT2D eigenvalue weighted by Crippen LogP contribution is 2.28. The number of carbonyl (C=O) groups excluding carboxylic acids is 2. The van der Waals surface area contributed by atoms with Crippen molar-refractivity contribution in [1.29, 1.82) is 0 Å². The zero-order valence-corrected chi connectivity index (χ0v) is 13.2. The fraction of sp³-hybridized carbons (Fsp3) is 0.625. The molecule has 1 unspecified atom stereocenters. The Morgan fingerprint density at radius 1 is 1.33 bits per heavy atom. The molecule has 0 radical (unpaired) electrons. The van der Waals surface area contributed by atoms with Crippen LogP contribution in [0.4, 0.5) is 0 Å². The molecule has 2 amide bonds. The van der Waals surface area contributed by atoms with E-state index < -0.39 is 0 Å². The lowest BCUT2D eigenvalue weighted by Gasteiger charge is -2.22. The van der Waals surface area contributed by atoms with Gasteiger partial charge in [0.1, 0.15) is 0 Å². The monoisotopic (exact) mass is 306 g/mol. The number of nitrogens with zero attached hydrogens (tertiary/aromatic N) is 1. The Hall–Kier alpha value is -1.20. The minimum atomic E-state index is -0.329.